The van der Waals surface area contributed by atoms with Gasteiger partial charge in [0.15, 0.2) is 5.56 Å². The molecule has 0 saturated heterocycles. The summed E-state index contributed by atoms with van der Waals surface area (Å²) in [7, 11) is 0. The van der Waals surface area contributed by atoms with Gasteiger partial charge in [-0.15, -0.1) is 0 Å². The van der Waals surface area contributed by atoms with Crippen molar-refractivity contribution in [3.05, 3.63) is 0 Å². The SMILES string of the molecule is CCCCCCC(Cl)O[C]=O. The first kappa shape index (κ1) is 10.8. The minimum absolute atomic E-state index is 0.482. The molecule has 1 unspecified atom stereocenters. The number of alkyl halides is 1. The molecule has 1 radical (unpaired) electrons. The molecule has 0 N–H and O–H groups in total. The van der Waals surface area contributed by atoms with E-state index in [1.54, 1.807) is 0 Å². The number of halogens is 1. The van der Waals surface area contributed by atoms with Crippen LogP contribution in [0.2, 0.25) is 0 Å². The van der Waals surface area contributed by atoms with Crippen LogP contribution in [0, 0.1) is 0 Å². The van der Waals surface area contributed by atoms with Crippen molar-refractivity contribution in [1.82, 2.24) is 0 Å². The number of rotatable bonds is 7. The average Bonchev–Trinajstić information content (AvgIpc) is 1.99. The van der Waals surface area contributed by atoms with Crippen LogP contribution in [0.5, 0.6) is 0 Å². The van der Waals surface area contributed by atoms with E-state index in [1.807, 2.05) is 0 Å². The molecule has 0 aliphatic carbocycles. The fraction of sp³-hybridized carbons (Fsp3) is 0.875. The van der Waals surface area contributed by atoms with Crippen molar-refractivity contribution in [3.8, 4) is 0 Å². The predicted molar refractivity (Wildman–Crippen MR) is 45.2 cm³/mol. The molecular weight excluding hydrogens is 164 g/mol. The molecule has 0 aliphatic heterocycles. The maximum atomic E-state index is 9.67. The zero-order valence-electron chi connectivity index (χ0n) is 6.81. The molecule has 3 heteroatoms. The molecular formula is C8H14ClO2. The summed E-state index contributed by atoms with van der Waals surface area (Å²) < 4.78 is 4.38. The van der Waals surface area contributed by atoms with E-state index < -0.39 is 5.56 Å². The molecule has 0 amide bonds. The predicted octanol–water partition coefficient (Wildman–Crippen LogP) is 2.61. The maximum Gasteiger partial charge on any atom is 0.419 e. The number of hydrogen-bond acceptors (Lipinski definition) is 2. The monoisotopic (exact) mass is 177 g/mol. The third-order valence-electron chi connectivity index (χ3n) is 1.46. The van der Waals surface area contributed by atoms with Gasteiger partial charge in [-0.3, -0.25) is 0 Å². The Morgan fingerprint density at radius 2 is 2.18 bits per heavy atom. The number of carbonyl (C=O) groups excluding carboxylic acids is 1. The lowest BCUT2D eigenvalue weighted by molar-refractivity contribution is 0.233. The summed E-state index contributed by atoms with van der Waals surface area (Å²) in [4.78, 5) is 9.67. The Morgan fingerprint density at radius 1 is 1.45 bits per heavy atom. The second-order valence-electron chi connectivity index (χ2n) is 2.46. The van der Waals surface area contributed by atoms with Gasteiger partial charge in [0.2, 0.25) is 0 Å². The average molecular weight is 178 g/mol. The van der Waals surface area contributed by atoms with Crippen molar-refractivity contribution in [3.63, 3.8) is 0 Å². The lowest BCUT2D eigenvalue weighted by Crippen LogP contribution is -2.02. The molecule has 0 fully saturated rings. The van der Waals surface area contributed by atoms with Crippen LogP contribution < -0.4 is 0 Å². The second kappa shape index (κ2) is 7.86. The summed E-state index contributed by atoms with van der Waals surface area (Å²) in [5, 5.41) is 0. The van der Waals surface area contributed by atoms with E-state index in [2.05, 4.69) is 11.7 Å². The van der Waals surface area contributed by atoms with E-state index in [-0.39, 0.29) is 0 Å². The van der Waals surface area contributed by atoms with Gasteiger partial charge in [0.1, 0.15) is 0 Å². The van der Waals surface area contributed by atoms with Crippen molar-refractivity contribution in [1.29, 1.82) is 0 Å². The Labute approximate surface area is 72.9 Å². The van der Waals surface area contributed by atoms with Gasteiger partial charge in [-0.1, -0.05) is 37.8 Å². The van der Waals surface area contributed by atoms with Gasteiger partial charge in [-0.2, -0.15) is 0 Å². The lowest BCUT2D eigenvalue weighted by Gasteiger charge is -2.04. The highest BCUT2D eigenvalue weighted by atomic mass is 35.5. The Balaban J connectivity index is 3.03. The van der Waals surface area contributed by atoms with Crippen LogP contribution in [0.25, 0.3) is 0 Å². The molecule has 0 aromatic carbocycles. The van der Waals surface area contributed by atoms with Crippen LogP contribution in [0.1, 0.15) is 39.0 Å². The molecule has 0 saturated carbocycles. The second-order valence-corrected chi connectivity index (χ2v) is 2.95. The molecule has 0 aromatic heterocycles. The highest BCUT2D eigenvalue weighted by Crippen LogP contribution is 2.10. The van der Waals surface area contributed by atoms with Gasteiger partial charge in [-0.05, 0) is 12.8 Å². The molecule has 0 bridgehead atoms. The van der Waals surface area contributed by atoms with Crippen LogP contribution in [0.3, 0.4) is 0 Å². The van der Waals surface area contributed by atoms with E-state index in [9.17, 15) is 4.79 Å². The van der Waals surface area contributed by atoms with Crippen molar-refractivity contribution in [2.75, 3.05) is 0 Å². The molecule has 0 aromatic rings. The van der Waals surface area contributed by atoms with E-state index in [4.69, 9.17) is 11.6 Å². The molecule has 0 spiro atoms. The topological polar surface area (TPSA) is 26.3 Å². The van der Waals surface area contributed by atoms with Crippen molar-refractivity contribution in [2.24, 2.45) is 0 Å². The van der Waals surface area contributed by atoms with Gasteiger partial charge in [0, 0.05) is 0 Å². The van der Waals surface area contributed by atoms with Crippen molar-refractivity contribution in [2.45, 2.75) is 44.6 Å². The first-order valence-electron chi connectivity index (χ1n) is 3.98. The van der Waals surface area contributed by atoms with E-state index >= 15 is 0 Å². The van der Waals surface area contributed by atoms with Gasteiger partial charge in [0.25, 0.3) is 0 Å². The molecule has 0 aliphatic rings. The van der Waals surface area contributed by atoms with Gasteiger partial charge in [0.05, 0.1) is 0 Å². The Morgan fingerprint density at radius 3 is 2.73 bits per heavy atom. The largest absolute Gasteiger partial charge is 0.438 e. The van der Waals surface area contributed by atoms with Crippen LogP contribution in [-0.4, -0.2) is 12.0 Å². The van der Waals surface area contributed by atoms with Crippen LogP contribution in [0.15, 0.2) is 0 Å². The zero-order valence-corrected chi connectivity index (χ0v) is 7.56. The highest BCUT2D eigenvalue weighted by molar-refractivity contribution is 6.19. The summed E-state index contributed by atoms with van der Waals surface area (Å²) in [6.45, 7) is 3.47. The fourth-order valence-electron chi connectivity index (χ4n) is 0.843. The van der Waals surface area contributed by atoms with E-state index in [0.29, 0.717) is 0 Å². The van der Waals surface area contributed by atoms with Crippen LogP contribution >= 0.6 is 11.6 Å². The van der Waals surface area contributed by atoms with Gasteiger partial charge >= 0.3 is 6.47 Å². The zero-order chi connectivity index (χ0) is 8.53. The van der Waals surface area contributed by atoms with E-state index in [0.717, 1.165) is 19.3 Å². The summed E-state index contributed by atoms with van der Waals surface area (Å²) >= 11 is 5.58. The van der Waals surface area contributed by atoms with Crippen molar-refractivity contribution < 1.29 is 9.53 Å². The molecule has 65 valence electrons. The van der Waals surface area contributed by atoms with E-state index in [1.165, 1.54) is 19.3 Å². The summed E-state index contributed by atoms with van der Waals surface area (Å²) in [5.74, 6) is 0. The minimum Gasteiger partial charge on any atom is -0.438 e. The fourth-order valence-corrected chi connectivity index (χ4v) is 1.03. The summed E-state index contributed by atoms with van der Waals surface area (Å²) in [6, 6.07) is 0. The minimum atomic E-state index is -0.482. The Hall–Kier alpha value is -0.240. The van der Waals surface area contributed by atoms with Crippen LogP contribution in [-0.2, 0) is 9.53 Å². The third-order valence-corrected chi connectivity index (χ3v) is 1.77. The first-order valence-corrected chi connectivity index (χ1v) is 4.41. The van der Waals surface area contributed by atoms with Crippen molar-refractivity contribution >= 4 is 18.1 Å². The van der Waals surface area contributed by atoms with Gasteiger partial charge < -0.3 is 4.74 Å². The third kappa shape index (κ3) is 7.66. The molecule has 11 heavy (non-hydrogen) atoms. The quantitative estimate of drug-likeness (QED) is 0.442. The van der Waals surface area contributed by atoms with Gasteiger partial charge in [-0.25, -0.2) is 4.79 Å². The molecule has 0 rings (SSSR count). The number of ether oxygens (including phenoxy) is 1. The summed E-state index contributed by atoms with van der Waals surface area (Å²) in [5.41, 5.74) is -0.482. The Bertz CT molecular complexity index is 96.1. The molecule has 0 heterocycles. The normalized spacial score (nSPS) is 12.5. The first-order chi connectivity index (χ1) is 5.31. The standard InChI is InChI=1S/C8H14ClO2/c1-2-3-4-5-6-8(9)11-7-10/h8H,2-6H2,1H3. The summed E-state index contributed by atoms with van der Waals surface area (Å²) in [6.07, 6.45) is 5.32. The molecule has 1 atom stereocenters. The Kier molecular flexibility index (Phi) is 7.69. The lowest BCUT2D eigenvalue weighted by atomic mass is 10.2. The van der Waals surface area contributed by atoms with Crippen LogP contribution in [0.4, 0.5) is 0 Å². The smallest absolute Gasteiger partial charge is 0.419 e. The number of unbranched alkanes of at least 4 members (excludes halogenated alkanes) is 3. The maximum absolute atomic E-state index is 9.67. The highest BCUT2D eigenvalue weighted by Gasteiger charge is 2.02. The number of hydrogen-bond donors (Lipinski definition) is 0. The molecule has 2 nitrogen and oxygen atoms in total.